The van der Waals surface area contributed by atoms with Gasteiger partial charge in [0.15, 0.2) is 0 Å². The van der Waals surface area contributed by atoms with Crippen molar-refractivity contribution < 1.29 is 42.7 Å². The molecule has 0 bridgehead atoms. The van der Waals surface area contributed by atoms with Crippen molar-refractivity contribution in [3.8, 4) is 0 Å². The van der Waals surface area contributed by atoms with Crippen LogP contribution in [0.25, 0.3) is 0 Å². The van der Waals surface area contributed by atoms with Gasteiger partial charge in [0.25, 0.3) is 0 Å². The molecule has 6 fully saturated rings. The van der Waals surface area contributed by atoms with Gasteiger partial charge in [-0.3, -0.25) is 0 Å². The first-order chi connectivity index (χ1) is 22.0. The van der Waals surface area contributed by atoms with Crippen molar-refractivity contribution in [2.24, 2.45) is 5.41 Å². The fourth-order valence-electron chi connectivity index (χ4n) is 10.2. The molecule has 0 aliphatic heterocycles. The summed E-state index contributed by atoms with van der Waals surface area (Å²) in [5.41, 5.74) is 7.44. The molecule has 6 saturated carbocycles. The van der Waals surface area contributed by atoms with Crippen LogP contribution in [0.15, 0.2) is 6.08 Å². The average molecular weight is 815 g/mol. The quantitative estimate of drug-likeness (QED) is 0.187. The zero-order valence-corrected chi connectivity index (χ0v) is 36.3. The normalized spacial score (nSPS) is 24.9. The minimum atomic E-state index is 0. The van der Waals surface area contributed by atoms with E-state index in [9.17, 15) is 0 Å². The molecule has 0 nitrogen and oxygen atoms in total. The number of allylic oxidation sites excluding steroid dienone is 1. The second-order valence-electron chi connectivity index (χ2n) is 17.3. The number of rotatable bonds is 6. The molecule has 0 atom stereocenters. The van der Waals surface area contributed by atoms with Crippen LogP contribution in [0.3, 0.4) is 0 Å². The van der Waals surface area contributed by atoms with E-state index in [0.717, 1.165) is 0 Å². The Hall–Kier alpha value is 1.71. The first-order valence-electron chi connectivity index (χ1n) is 20.7. The predicted octanol–water partition coefficient (Wildman–Crippen LogP) is 8.48. The van der Waals surface area contributed by atoms with Crippen LogP contribution >= 0.6 is 15.8 Å². The summed E-state index contributed by atoms with van der Waals surface area (Å²) >= 11 is 2.35. The molecule has 0 amide bonds. The fourth-order valence-corrected chi connectivity index (χ4v) is 20.3. The fraction of sp³-hybridized carbons (Fsp3) is 0.952. The molecule has 0 heterocycles. The smallest absolute Gasteiger partial charge is 1.00 e. The molecule has 0 radical (unpaired) electrons. The summed E-state index contributed by atoms with van der Waals surface area (Å²) in [4.78, 5) is 0. The van der Waals surface area contributed by atoms with E-state index in [1.165, 1.54) is 72.5 Å². The first kappa shape index (κ1) is 44.9. The summed E-state index contributed by atoms with van der Waals surface area (Å²) < 4.78 is 2.91. The van der Waals surface area contributed by atoms with E-state index < -0.39 is 0 Å². The minimum Gasteiger partial charge on any atom is -1.00 e. The molecule has 0 N–H and O–H groups in total. The van der Waals surface area contributed by atoms with Crippen molar-refractivity contribution in [3.63, 3.8) is 0 Å². The Morgan fingerprint density at radius 1 is 0.383 bits per heavy atom. The van der Waals surface area contributed by atoms with Crippen molar-refractivity contribution in [1.82, 2.24) is 0 Å². The van der Waals surface area contributed by atoms with Crippen LogP contribution in [0.2, 0.25) is 0 Å². The van der Waals surface area contributed by atoms with Crippen LogP contribution in [0, 0.1) is 5.41 Å². The van der Waals surface area contributed by atoms with Crippen LogP contribution in [0.4, 0.5) is 0 Å². The van der Waals surface area contributed by atoms with Crippen molar-refractivity contribution in [1.29, 1.82) is 0 Å². The molecule has 0 saturated heterocycles. The standard InChI is InChI=1S/2C18H33P.C6H10.2ClH.Ru/c2*1-4-10-16(11-5-1)19(17-12-6-2-7-13-17)18-14-8-3-9-15-18;1-5-6(2,3)4;;;/h2*16-18H,1-15H2;5H,2-4H3;2*1H;/q;;;;;+2/p-2. The van der Waals surface area contributed by atoms with E-state index in [0.29, 0.717) is 21.3 Å². The summed E-state index contributed by atoms with van der Waals surface area (Å²) in [5, 5.41) is 0. The van der Waals surface area contributed by atoms with Gasteiger partial charge in [-0.1, -0.05) is 131 Å². The summed E-state index contributed by atoms with van der Waals surface area (Å²) in [7, 11) is 0.770. The Kier molecular flexibility index (Phi) is 24.5. The number of hydrogen-bond acceptors (Lipinski definition) is 0. The van der Waals surface area contributed by atoms with Crippen LogP contribution < -0.4 is 24.8 Å². The maximum Gasteiger partial charge on any atom is -1.00 e. The van der Waals surface area contributed by atoms with E-state index in [-0.39, 0.29) is 24.8 Å². The molecule has 276 valence electrons. The summed E-state index contributed by atoms with van der Waals surface area (Å²) in [6.07, 6.45) is 49.3. The summed E-state index contributed by atoms with van der Waals surface area (Å²) in [6, 6.07) is 0. The molecule has 0 aromatic carbocycles. The van der Waals surface area contributed by atoms with E-state index in [1.807, 2.05) is 6.08 Å². The zero-order valence-electron chi connectivity index (χ0n) is 31.3. The Labute approximate surface area is 319 Å². The van der Waals surface area contributed by atoms with Gasteiger partial charge in [0.1, 0.15) is 0 Å². The third-order valence-corrected chi connectivity index (χ3v) is 20.9. The predicted molar refractivity (Wildman–Crippen MR) is 204 cm³/mol. The van der Waals surface area contributed by atoms with Gasteiger partial charge < -0.3 is 24.8 Å². The molecule has 6 rings (SSSR count). The van der Waals surface area contributed by atoms with Crippen molar-refractivity contribution in [3.05, 3.63) is 6.08 Å². The van der Waals surface area contributed by atoms with E-state index in [1.54, 1.807) is 154 Å². The first-order valence-corrected chi connectivity index (χ1v) is 24.7. The van der Waals surface area contributed by atoms with Gasteiger partial charge in [-0.25, -0.2) is 0 Å². The maximum absolute atomic E-state index is 2.91. The van der Waals surface area contributed by atoms with E-state index in [2.05, 4.69) is 42.9 Å². The van der Waals surface area contributed by atoms with Gasteiger partial charge in [0, 0.05) is 0 Å². The Balaban J connectivity index is 0.000000264. The van der Waals surface area contributed by atoms with Crippen LogP contribution in [-0.4, -0.2) is 38.2 Å². The molecule has 6 aliphatic rings. The van der Waals surface area contributed by atoms with Gasteiger partial charge in [0.05, 0.1) is 0 Å². The number of hydrogen-bond donors (Lipinski definition) is 0. The van der Waals surface area contributed by atoms with E-state index in [4.69, 9.17) is 0 Å². The van der Waals surface area contributed by atoms with Crippen molar-refractivity contribution in [2.45, 2.75) is 247 Å². The Morgan fingerprint density at radius 2 is 0.553 bits per heavy atom. The van der Waals surface area contributed by atoms with Crippen LogP contribution in [0.5, 0.6) is 0 Å². The van der Waals surface area contributed by atoms with Crippen LogP contribution in [0.1, 0.15) is 213 Å². The monoisotopic (exact) mass is 814 g/mol. The molecule has 6 aliphatic carbocycles. The van der Waals surface area contributed by atoms with Gasteiger partial charge in [-0.15, -0.1) is 0 Å². The van der Waals surface area contributed by atoms with Gasteiger partial charge >= 0.3 is 54.4 Å². The van der Waals surface area contributed by atoms with Gasteiger partial charge in [0.2, 0.25) is 0 Å². The molecule has 47 heavy (non-hydrogen) atoms. The second-order valence-corrected chi connectivity index (χ2v) is 23.9. The Morgan fingerprint density at radius 3 is 0.660 bits per heavy atom. The molecule has 0 aromatic heterocycles. The Bertz CT molecular complexity index is 663. The topological polar surface area (TPSA) is 0 Å². The molecular formula is C42H76Cl2P2Ru. The summed E-state index contributed by atoms with van der Waals surface area (Å²) in [5.74, 6) is 0. The molecule has 0 spiro atoms. The summed E-state index contributed by atoms with van der Waals surface area (Å²) in [6.45, 7) is 6.44. The zero-order chi connectivity index (χ0) is 31.7. The molecule has 5 heteroatoms. The molecular weight excluding hydrogens is 738 g/mol. The largest absolute Gasteiger partial charge is 1.00 e. The van der Waals surface area contributed by atoms with Crippen molar-refractivity contribution in [2.75, 3.05) is 0 Å². The van der Waals surface area contributed by atoms with Crippen LogP contribution in [-0.2, 0) is 17.9 Å². The average Bonchev–Trinajstić information content (AvgIpc) is 3.08. The van der Waals surface area contributed by atoms with Crippen molar-refractivity contribution >= 4 is 20.1 Å². The third-order valence-electron chi connectivity index (χ3n) is 12.5. The minimum absolute atomic E-state index is 0. The van der Waals surface area contributed by atoms with E-state index >= 15 is 0 Å². The molecule has 0 aromatic rings. The molecule has 0 unspecified atom stereocenters. The maximum atomic E-state index is 2.91. The van der Waals surface area contributed by atoms with Gasteiger partial charge in [-0.2, -0.15) is 0 Å². The van der Waals surface area contributed by atoms with Gasteiger partial charge in [-0.05, 0) is 111 Å². The number of halogens is 2. The third kappa shape index (κ3) is 16.5. The second kappa shape index (κ2) is 25.6. The SMILES string of the molecule is C1CCC(P(C2CCCCC2)C2CCCCC2)CC1.C1CCC(P(C2CCCCC2)C2CCCCC2)CC1.CC(C)(C)C=[C]=[Ru+2].[Cl-].[Cl-].